The summed E-state index contributed by atoms with van der Waals surface area (Å²) in [5, 5.41) is 11.3. The van der Waals surface area contributed by atoms with Crippen LogP contribution in [-0.4, -0.2) is 49.0 Å². The van der Waals surface area contributed by atoms with Gasteiger partial charge in [0.05, 0.1) is 24.6 Å². The Morgan fingerprint density at radius 2 is 2.04 bits per heavy atom. The fraction of sp³-hybridized carbons (Fsp3) is 0.588. The Morgan fingerprint density at radius 3 is 2.64 bits per heavy atom. The van der Waals surface area contributed by atoms with Crippen LogP contribution in [0.2, 0.25) is 0 Å². The summed E-state index contributed by atoms with van der Waals surface area (Å²) < 4.78 is 18.7. The zero-order valence-corrected chi connectivity index (χ0v) is 14.2. The first kappa shape index (κ1) is 17.4. The minimum atomic E-state index is -0.788. The maximum absolute atomic E-state index is 13.8. The highest BCUT2D eigenvalue weighted by Gasteiger charge is 2.31. The van der Waals surface area contributed by atoms with Crippen LogP contribution >= 0.6 is 0 Å². The number of nitro groups is 1. The van der Waals surface area contributed by atoms with Crippen LogP contribution in [0.1, 0.15) is 25.7 Å². The number of carbonyl (C=O) groups excluding carboxylic acids is 1. The first-order chi connectivity index (χ1) is 12.0. The van der Waals surface area contributed by atoms with Crippen LogP contribution in [-0.2, 0) is 4.79 Å². The van der Waals surface area contributed by atoms with Crippen molar-refractivity contribution in [1.29, 1.82) is 0 Å². The molecule has 7 nitrogen and oxygen atoms in total. The number of amides is 1. The molecule has 3 rings (SSSR count). The van der Waals surface area contributed by atoms with Gasteiger partial charge in [-0.15, -0.1) is 0 Å². The van der Waals surface area contributed by atoms with Gasteiger partial charge in [0.1, 0.15) is 5.69 Å². The number of nitro benzene ring substituents is 1. The van der Waals surface area contributed by atoms with Crippen molar-refractivity contribution in [1.82, 2.24) is 4.90 Å². The molecule has 1 aliphatic carbocycles. The van der Waals surface area contributed by atoms with Gasteiger partial charge in [0, 0.05) is 25.7 Å². The van der Waals surface area contributed by atoms with E-state index in [0.717, 1.165) is 25.5 Å². The van der Waals surface area contributed by atoms with E-state index < -0.39 is 10.7 Å². The Labute approximate surface area is 145 Å². The predicted molar refractivity (Wildman–Crippen MR) is 90.4 cm³/mol. The van der Waals surface area contributed by atoms with Gasteiger partial charge in [-0.1, -0.05) is 12.8 Å². The van der Waals surface area contributed by atoms with E-state index in [1.54, 1.807) is 4.90 Å². The van der Waals surface area contributed by atoms with Crippen molar-refractivity contribution in [2.75, 3.05) is 38.2 Å². The molecule has 1 saturated carbocycles. The van der Waals surface area contributed by atoms with Gasteiger partial charge >= 0.3 is 0 Å². The molecule has 0 unspecified atom stereocenters. The van der Waals surface area contributed by atoms with Crippen molar-refractivity contribution < 1.29 is 18.8 Å². The molecule has 1 aromatic rings. The van der Waals surface area contributed by atoms with E-state index in [0.29, 0.717) is 19.0 Å². The largest absolute Gasteiger partial charge is 0.494 e. The summed E-state index contributed by atoms with van der Waals surface area (Å²) in [6, 6.07) is 2.15. The number of methoxy groups -OCH3 is 1. The lowest BCUT2D eigenvalue weighted by atomic mass is 10.1. The minimum absolute atomic E-state index is 0.0456. The SMILES string of the molecule is COc1cc(N2CCN(CC3CCCC3)C(=O)C2)c([N+](=O)[O-])cc1F. The van der Waals surface area contributed by atoms with E-state index in [1.807, 2.05) is 4.90 Å². The van der Waals surface area contributed by atoms with Gasteiger partial charge in [0.2, 0.25) is 5.91 Å². The summed E-state index contributed by atoms with van der Waals surface area (Å²) in [6.07, 6.45) is 4.77. The summed E-state index contributed by atoms with van der Waals surface area (Å²) in [5.41, 5.74) is -0.132. The van der Waals surface area contributed by atoms with Crippen LogP contribution in [0.25, 0.3) is 0 Å². The van der Waals surface area contributed by atoms with Gasteiger partial charge < -0.3 is 14.5 Å². The van der Waals surface area contributed by atoms with Crippen molar-refractivity contribution in [2.24, 2.45) is 5.92 Å². The molecule has 1 amide bonds. The van der Waals surface area contributed by atoms with E-state index in [9.17, 15) is 19.3 Å². The maximum Gasteiger partial charge on any atom is 0.295 e. The van der Waals surface area contributed by atoms with E-state index in [4.69, 9.17) is 4.74 Å². The second kappa shape index (κ2) is 7.25. The summed E-state index contributed by atoms with van der Waals surface area (Å²) >= 11 is 0. The third-order valence-electron chi connectivity index (χ3n) is 5.06. The number of ether oxygens (including phenoxy) is 1. The lowest BCUT2D eigenvalue weighted by Gasteiger charge is -2.36. The van der Waals surface area contributed by atoms with Gasteiger partial charge in [0.25, 0.3) is 5.69 Å². The Balaban J connectivity index is 1.77. The van der Waals surface area contributed by atoms with Gasteiger partial charge in [0.15, 0.2) is 11.6 Å². The molecule has 0 bridgehead atoms. The molecule has 2 fully saturated rings. The third-order valence-corrected chi connectivity index (χ3v) is 5.06. The van der Waals surface area contributed by atoms with Gasteiger partial charge in [-0.3, -0.25) is 14.9 Å². The van der Waals surface area contributed by atoms with Crippen molar-refractivity contribution in [3.8, 4) is 5.75 Å². The van der Waals surface area contributed by atoms with Gasteiger partial charge in [-0.2, -0.15) is 0 Å². The molecule has 0 aromatic heterocycles. The van der Waals surface area contributed by atoms with E-state index in [2.05, 4.69) is 0 Å². The van der Waals surface area contributed by atoms with Crippen molar-refractivity contribution in [3.63, 3.8) is 0 Å². The Kier molecular flexibility index (Phi) is 5.06. The number of hydrogen-bond donors (Lipinski definition) is 0. The van der Waals surface area contributed by atoms with Crippen molar-refractivity contribution in [3.05, 3.63) is 28.1 Å². The minimum Gasteiger partial charge on any atom is -0.494 e. The number of piperazine rings is 1. The monoisotopic (exact) mass is 351 g/mol. The molecule has 25 heavy (non-hydrogen) atoms. The molecule has 0 radical (unpaired) electrons. The average molecular weight is 351 g/mol. The zero-order chi connectivity index (χ0) is 18.0. The lowest BCUT2D eigenvalue weighted by molar-refractivity contribution is -0.384. The Hall–Kier alpha value is -2.38. The maximum atomic E-state index is 13.8. The standard InChI is InChI=1S/C17H22FN3O4/c1-25-16-9-14(15(21(23)24)8-13(16)18)19-6-7-20(17(22)11-19)10-12-4-2-3-5-12/h8-9,12H,2-7,10-11H2,1H3. The number of hydrogen-bond acceptors (Lipinski definition) is 5. The average Bonchev–Trinajstić information content (AvgIpc) is 3.09. The normalized spacial score (nSPS) is 18.7. The van der Waals surface area contributed by atoms with Crippen molar-refractivity contribution >= 4 is 17.3 Å². The molecule has 1 aliphatic heterocycles. The predicted octanol–water partition coefficient (Wildman–Crippen LogP) is 2.58. The van der Waals surface area contributed by atoms with Gasteiger partial charge in [-0.25, -0.2) is 4.39 Å². The molecule has 136 valence electrons. The summed E-state index contributed by atoms with van der Waals surface area (Å²) in [4.78, 5) is 26.6. The topological polar surface area (TPSA) is 75.9 Å². The Bertz CT molecular complexity index is 676. The lowest BCUT2D eigenvalue weighted by Crippen LogP contribution is -2.51. The molecule has 1 saturated heterocycles. The smallest absolute Gasteiger partial charge is 0.295 e. The van der Waals surface area contributed by atoms with Crippen LogP contribution in [0, 0.1) is 21.8 Å². The molecule has 0 N–H and O–H groups in total. The van der Waals surface area contributed by atoms with Crippen LogP contribution in [0.15, 0.2) is 12.1 Å². The molecular formula is C17H22FN3O4. The number of anilines is 1. The van der Waals surface area contributed by atoms with Crippen LogP contribution in [0.3, 0.4) is 0 Å². The number of benzene rings is 1. The van der Waals surface area contributed by atoms with E-state index >= 15 is 0 Å². The van der Waals surface area contributed by atoms with Gasteiger partial charge in [-0.05, 0) is 18.8 Å². The van der Waals surface area contributed by atoms with Crippen molar-refractivity contribution in [2.45, 2.75) is 25.7 Å². The molecular weight excluding hydrogens is 329 g/mol. The number of halogens is 1. The number of rotatable bonds is 5. The van der Waals surface area contributed by atoms with Crippen LogP contribution in [0.5, 0.6) is 5.75 Å². The molecule has 1 heterocycles. The first-order valence-corrected chi connectivity index (χ1v) is 8.54. The molecule has 0 atom stereocenters. The fourth-order valence-corrected chi connectivity index (χ4v) is 3.70. The van der Waals surface area contributed by atoms with Crippen LogP contribution < -0.4 is 9.64 Å². The Morgan fingerprint density at radius 1 is 1.32 bits per heavy atom. The fourth-order valence-electron chi connectivity index (χ4n) is 3.70. The molecule has 8 heteroatoms. The quantitative estimate of drug-likeness (QED) is 0.602. The van der Waals surface area contributed by atoms with Crippen LogP contribution in [0.4, 0.5) is 15.8 Å². The molecule has 1 aromatic carbocycles. The molecule has 2 aliphatic rings. The third kappa shape index (κ3) is 3.67. The van der Waals surface area contributed by atoms with E-state index in [1.165, 1.54) is 26.0 Å². The summed E-state index contributed by atoms with van der Waals surface area (Å²) in [5.74, 6) is -0.336. The van der Waals surface area contributed by atoms with E-state index in [-0.39, 0.29) is 29.6 Å². The molecule has 0 spiro atoms. The second-order valence-corrected chi connectivity index (χ2v) is 6.64. The number of nitrogens with zero attached hydrogens (tertiary/aromatic N) is 3. The first-order valence-electron chi connectivity index (χ1n) is 8.54. The highest BCUT2D eigenvalue weighted by atomic mass is 19.1. The highest BCUT2D eigenvalue weighted by Crippen LogP contribution is 2.35. The zero-order valence-electron chi connectivity index (χ0n) is 14.2. The summed E-state index contributed by atoms with van der Waals surface area (Å²) in [6.45, 7) is 1.82. The summed E-state index contributed by atoms with van der Waals surface area (Å²) in [7, 11) is 1.30. The highest BCUT2D eigenvalue weighted by molar-refractivity contribution is 5.84. The number of carbonyl (C=O) groups is 1. The second-order valence-electron chi connectivity index (χ2n) is 6.64.